The van der Waals surface area contributed by atoms with Crippen molar-refractivity contribution in [3.05, 3.63) is 106 Å². The van der Waals surface area contributed by atoms with E-state index in [1.54, 1.807) is 75.1 Å². The molecule has 0 saturated heterocycles. The van der Waals surface area contributed by atoms with Crippen molar-refractivity contribution in [3.8, 4) is 0 Å². The van der Waals surface area contributed by atoms with E-state index in [9.17, 15) is 0 Å². The van der Waals surface area contributed by atoms with Crippen molar-refractivity contribution in [2.75, 3.05) is 0 Å². The second-order valence-corrected chi connectivity index (χ2v) is 17.3. The van der Waals surface area contributed by atoms with Crippen LogP contribution in [0.2, 0.25) is 0 Å². The number of allylic oxidation sites excluding steroid dienone is 1. The van der Waals surface area contributed by atoms with Crippen LogP contribution in [0.25, 0.3) is 71.3 Å². The van der Waals surface area contributed by atoms with Crippen LogP contribution in [-0.2, 0) is 141 Å². The summed E-state index contributed by atoms with van der Waals surface area (Å²) in [5, 5.41) is 44.9. The van der Waals surface area contributed by atoms with Crippen molar-refractivity contribution < 1.29 is 199 Å². The van der Waals surface area contributed by atoms with Gasteiger partial charge in [-0.25, -0.2) is 0 Å². The molecule has 6 aliphatic carbocycles. The molecule has 0 aliphatic heterocycles. The average molecular weight is 2490 g/mol. The van der Waals surface area contributed by atoms with Gasteiger partial charge in [-0.3, -0.25) is 24.0 Å². The Morgan fingerprint density at radius 2 is 0.333 bits per heavy atom. The minimum atomic E-state index is -0.833. The van der Waals surface area contributed by atoms with Crippen LogP contribution in [0, 0.1) is 22.3 Å². The molecule has 6 aliphatic rings. The fourth-order valence-electron chi connectivity index (χ4n) is 6.62. The van der Waals surface area contributed by atoms with E-state index in [0.717, 1.165) is 112 Å². The number of hydrogen-bond acceptors (Lipinski definition) is 6. The molecule has 6 rings (SSSR count). The maximum atomic E-state index is 9.00. The third-order valence-electron chi connectivity index (χ3n) is 9.63. The number of carbonyl (C=O) groups is 5. The fourth-order valence-corrected chi connectivity index (χ4v) is 6.62. The molecular formula is C52H129Cl4N12O16Pt6-13. The molecule has 38 heteroatoms. The predicted molar refractivity (Wildman–Crippen MR) is 364 cm³/mol. The molecule has 0 amide bonds. The molecule has 0 bridgehead atoms. The Kier molecular flexibility index (Phi) is 309. The maximum absolute atomic E-state index is 9.00. The van der Waals surface area contributed by atoms with Crippen LogP contribution in [0.5, 0.6) is 0 Å². The van der Waals surface area contributed by atoms with Gasteiger partial charge in [0.2, 0.25) is 0 Å². The summed E-state index contributed by atoms with van der Waals surface area (Å²) in [5.74, 6) is -4.00. The van der Waals surface area contributed by atoms with Crippen molar-refractivity contribution in [3.63, 3.8) is 0 Å². The van der Waals surface area contributed by atoms with Gasteiger partial charge in [0.15, 0.2) is 0 Å². The monoisotopic (exact) mass is 2490 g/mol. The van der Waals surface area contributed by atoms with Crippen LogP contribution in [0.3, 0.4) is 0 Å². The van der Waals surface area contributed by atoms with E-state index >= 15 is 0 Å². The van der Waals surface area contributed by atoms with E-state index in [-0.39, 0.29) is 171 Å². The maximum Gasteiger partial charge on any atom is 2.00 e. The Labute approximate surface area is 636 Å². The quantitative estimate of drug-likeness (QED) is 0.0977. The zero-order chi connectivity index (χ0) is 60.1. The minimum Gasteiger partial charge on any atom is -0.693 e. The number of nitrogens with two attached hydrogens (primary N) is 6. The van der Waals surface area contributed by atoms with Crippen LogP contribution < -0.4 is 0 Å². The van der Waals surface area contributed by atoms with E-state index in [1.165, 1.54) is 122 Å². The molecule has 0 spiro atoms. The summed E-state index contributed by atoms with van der Waals surface area (Å²) in [6.07, 6.45) is 37.7. The Bertz CT molecular complexity index is 930. The van der Waals surface area contributed by atoms with Gasteiger partial charge >= 0.3 is 134 Å². The summed E-state index contributed by atoms with van der Waals surface area (Å²) < 4.78 is 0. The van der Waals surface area contributed by atoms with E-state index in [1.807, 2.05) is 0 Å². The molecule has 34 N–H and O–H groups in total. The number of carboxylic acid groups (broad SMARTS) is 5. The minimum absolute atomic E-state index is 0. The Balaban J connectivity index is -0.0000000203. The average Bonchev–Trinajstić information content (AvgIpc) is 3.33. The van der Waals surface area contributed by atoms with E-state index in [4.69, 9.17) is 89.0 Å². The van der Waals surface area contributed by atoms with Gasteiger partial charge in [-0.05, 0) is 6.92 Å². The van der Waals surface area contributed by atoms with Gasteiger partial charge in [-0.2, -0.15) is 0 Å². The summed E-state index contributed by atoms with van der Waals surface area (Å²) in [4.78, 5) is 45.0. The Morgan fingerprint density at radius 3 is 0.356 bits per heavy atom. The van der Waals surface area contributed by atoms with E-state index < -0.39 is 29.8 Å². The smallest absolute Gasteiger partial charge is 0.693 e. The first kappa shape index (κ1) is 175. The molecule has 0 unspecified atom stereocenters. The third-order valence-corrected chi connectivity index (χ3v) is 9.63. The SMILES string of the molecule is C=C(C)O.CC(=O)O.CC(=O)O.CC(=O)O.CC(=O)O.CC(=O)O.O.O.O.O.O.[CH3-].[CH3-].[CH3-].[Cl][Pt].[Cl][Pt].[Cl][Pt].[Cl][Pt].[NH-]C1CCCCC1.[NH-]C1CCCCC1.[NH-]C1CCCCC1.[NH-]C1CCCCC1.[NH-]C1CCCCC1.[NH-]C1CCCCC1.[NH2-].[NH2-].[NH2-].[NH2-].[NH2-].[NH2-].[Pt+2].[Pt]. The van der Waals surface area contributed by atoms with Crippen molar-refractivity contribution in [2.45, 2.75) is 270 Å². The van der Waals surface area contributed by atoms with Gasteiger partial charge in [0.05, 0.1) is 5.76 Å². The Hall–Kier alpha value is 1.50. The first-order valence-corrected chi connectivity index (χ1v) is 36.1. The van der Waals surface area contributed by atoms with Gasteiger partial charge in [-0.15, -0.1) is 36.3 Å². The second-order valence-electron chi connectivity index (χ2n) is 17.3. The molecule has 90 heavy (non-hydrogen) atoms. The molecule has 6 fully saturated rings. The molecule has 0 heterocycles. The first-order valence-electron chi connectivity index (χ1n) is 24.8. The molecule has 0 aromatic heterocycles. The van der Waals surface area contributed by atoms with Crippen LogP contribution in [0.4, 0.5) is 0 Å². The van der Waals surface area contributed by atoms with Gasteiger partial charge in [-0.1, -0.05) is 199 Å². The molecule has 0 aromatic carbocycles. The normalized spacial score (nSPS) is 13.8. The molecule has 28 nitrogen and oxygen atoms in total. The number of aliphatic hydroxyl groups excluding tert-OH is 1. The van der Waals surface area contributed by atoms with E-state index in [0.29, 0.717) is 0 Å². The second kappa shape index (κ2) is 159. The zero-order valence-corrected chi connectivity index (χ0v) is 71.1. The third kappa shape index (κ3) is 286. The molecule has 6 saturated carbocycles. The predicted octanol–water partition coefficient (Wildman–Crippen LogP) is 20.0. The number of rotatable bonds is 0. The number of aliphatic carboxylic acids is 5. The molecule has 0 aromatic rings. The number of carboxylic acids is 5. The van der Waals surface area contributed by atoms with Crippen molar-refractivity contribution in [1.82, 2.24) is 0 Å². The van der Waals surface area contributed by atoms with Crippen molar-refractivity contribution >= 4 is 67.5 Å². The summed E-state index contributed by atoms with van der Waals surface area (Å²) in [7, 11) is 18.4. The standard InChI is InChI=1S/6C6H12N.C3H6O.5C2H4O2.3CH3.4ClH.6H2N.5H2O.6Pt/c6*7-6-4-2-1-3-5-6;1-3(2)4;5*1-2(3)4;;;;;;;;;;;;;;;;;;;;;;;;/h6*6-7H,1-5H2;4H,1H2,2H3;5*1H3,(H,3,4);3*1H3;4*1H;11*1H2;;;;;;/q6*-1;;;;;;;3*-1;;;;;6*-1;;;;;;;4*+1;+2/p-4. The number of halogens is 4. The molecule has 0 radical (unpaired) electrons. The summed E-state index contributed by atoms with van der Waals surface area (Å²) in [6, 6.07) is 1.72. The first-order chi connectivity index (χ1) is 34.8. The molecular weight excluding hydrogens is 2360 g/mol. The molecule has 0 atom stereocenters. The zero-order valence-electron chi connectivity index (χ0n) is 54.5. The van der Waals surface area contributed by atoms with Crippen molar-refractivity contribution in [2.24, 2.45) is 0 Å². The molecule has 594 valence electrons. The topological polar surface area (TPSA) is 708 Å². The van der Waals surface area contributed by atoms with Gasteiger partial charge in [0.25, 0.3) is 29.8 Å². The van der Waals surface area contributed by atoms with Crippen molar-refractivity contribution in [1.29, 1.82) is 0 Å². The van der Waals surface area contributed by atoms with Crippen LogP contribution in [-0.4, -0.2) is 124 Å². The van der Waals surface area contributed by atoms with Gasteiger partial charge in [0.1, 0.15) is 0 Å². The number of nitrogens with one attached hydrogen (secondary N) is 6. The van der Waals surface area contributed by atoms with E-state index in [2.05, 4.69) is 44.3 Å². The largest absolute Gasteiger partial charge is 2.00 e. The number of hydrogen-bond donors (Lipinski definition) is 6. The number of aliphatic hydroxyl groups is 1. The van der Waals surface area contributed by atoms with Crippen LogP contribution in [0.1, 0.15) is 234 Å². The van der Waals surface area contributed by atoms with Crippen LogP contribution >= 0.6 is 37.7 Å². The van der Waals surface area contributed by atoms with Gasteiger partial charge < -0.3 is 152 Å². The summed E-state index contributed by atoms with van der Waals surface area (Å²) >= 11 is 6.44. The summed E-state index contributed by atoms with van der Waals surface area (Å²) in [5.41, 5.74) is 43.6. The van der Waals surface area contributed by atoms with Crippen LogP contribution in [0.15, 0.2) is 12.3 Å². The van der Waals surface area contributed by atoms with Gasteiger partial charge in [0, 0.05) is 55.7 Å². The summed E-state index contributed by atoms with van der Waals surface area (Å²) in [6.45, 7) is 10.1. The Morgan fingerprint density at radius 1 is 0.289 bits per heavy atom. The fraction of sp³-hybridized carbons (Fsp3) is 0.808.